The van der Waals surface area contributed by atoms with Crippen LogP contribution in [-0.2, 0) is 11.4 Å². The summed E-state index contributed by atoms with van der Waals surface area (Å²) >= 11 is 1.23. The van der Waals surface area contributed by atoms with E-state index < -0.39 is 0 Å². The zero-order valence-electron chi connectivity index (χ0n) is 16.2. The third-order valence-corrected chi connectivity index (χ3v) is 4.74. The molecule has 1 amide bonds. The number of thioether (sulfide) groups is 1. The molecule has 0 saturated carbocycles. The molecule has 0 fully saturated rings. The SMILES string of the molecule is Cc1cccc(OCc2nnc(SCC(=O)N(c3ccccc3)C(C)C)o2)c1. The molecular formula is C21H23N3O3S. The van der Waals surface area contributed by atoms with E-state index in [0.29, 0.717) is 11.1 Å². The lowest BCUT2D eigenvalue weighted by atomic mass is 10.2. The molecule has 0 saturated heterocycles. The Labute approximate surface area is 168 Å². The van der Waals surface area contributed by atoms with Gasteiger partial charge in [-0.05, 0) is 50.6 Å². The maximum absolute atomic E-state index is 12.7. The van der Waals surface area contributed by atoms with Gasteiger partial charge in [-0.2, -0.15) is 0 Å². The minimum atomic E-state index is -0.0121. The second-order valence-corrected chi connectivity index (χ2v) is 7.48. The van der Waals surface area contributed by atoms with Crippen LogP contribution < -0.4 is 9.64 Å². The van der Waals surface area contributed by atoms with Gasteiger partial charge in [0.05, 0.1) is 5.75 Å². The summed E-state index contributed by atoms with van der Waals surface area (Å²) in [5, 5.41) is 8.33. The average Bonchev–Trinajstić information content (AvgIpc) is 3.13. The highest BCUT2D eigenvalue weighted by Gasteiger charge is 2.20. The molecule has 0 radical (unpaired) electrons. The van der Waals surface area contributed by atoms with Gasteiger partial charge in [-0.25, -0.2) is 0 Å². The lowest BCUT2D eigenvalue weighted by Crippen LogP contribution is -2.38. The summed E-state index contributed by atoms with van der Waals surface area (Å²) < 4.78 is 11.2. The Kier molecular flexibility index (Phi) is 6.71. The van der Waals surface area contributed by atoms with Crippen LogP contribution in [-0.4, -0.2) is 27.9 Å². The van der Waals surface area contributed by atoms with Crippen LogP contribution in [0.2, 0.25) is 0 Å². The number of nitrogens with zero attached hydrogens (tertiary/aromatic N) is 3. The van der Waals surface area contributed by atoms with E-state index in [1.54, 1.807) is 4.90 Å². The summed E-state index contributed by atoms with van der Waals surface area (Å²) in [6, 6.07) is 17.4. The van der Waals surface area contributed by atoms with Crippen LogP contribution in [0.25, 0.3) is 0 Å². The fourth-order valence-corrected chi connectivity index (χ4v) is 3.36. The molecule has 0 spiro atoms. The van der Waals surface area contributed by atoms with Gasteiger partial charge in [-0.3, -0.25) is 4.79 Å². The van der Waals surface area contributed by atoms with Gasteiger partial charge in [0.1, 0.15) is 5.75 Å². The number of amides is 1. The highest BCUT2D eigenvalue weighted by atomic mass is 32.2. The van der Waals surface area contributed by atoms with Crippen molar-refractivity contribution in [2.24, 2.45) is 0 Å². The van der Waals surface area contributed by atoms with Gasteiger partial charge >= 0.3 is 0 Å². The molecule has 7 heteroatoms. The Balaban J connectivity index is 1.55. The molecule has 0 N–H and O–H groups in total. The molecule has 1 aromatic heterocycles. The molecule has 0 unspecified atom stereocenters. The van der Waals surface area contributed by atoms with E-state index in [9.17, 15) is 4.79 Å². The maximum atomic E-state index is 12.7. The largest absolute Gasteiger partial charge is 0.484 e. The normalized spacial score (nSPS) is 10.9. The lowest BCUT2D eigenvalue weighted by Gasteiger charge is -2.26. The molecule has 1 heterocycles. The van der Waals surface area contributed by atoms with Crippen LogP contribution in [0.1, 0.15) is 25.3 Å². The number of aromatic nitrogens is 2. The third kappa shape index (κ3) is 5.36. The van der Waals surface area contributed by atoms with E-state index in [1.165, 1.54) is 11.8 Å². The number of hydrogen-bond acceptors (Lipinski definition) is 6. The number of benzene rings is 2. The van der Waals surface area contributed by atoms with Crippen molar-refractivity contribution in [3.8, 4) is 5.75 Å². The van der Waals surface area contributed by atoms with E-state index in [0.717, 1.165) is 17.0 Å². The predicted molar refractivity (Wildman–Crippen MR) is 110 cm³/mol. The standard InChI is InChI=1S/C21H23N3O3S/c1-15(2)24(17-9-5-4-6-10-17)20(25)14-28-21-23-22-19(27-21)13-26-18-11-7-8-16(3)12-18/h4-12,15H,13-14H2,1-3H3. The highest BCUT2D eigenvalue weighted by molar-refractivity contribution is 7.99. The molecule has 3 aromatic rings. The van der Waals surface area contributed by atoms with E-state index in [-0.39, 0.29) is 24.3 Å². The fourth-order valence-electron chi connectivity index (χ4n) is 2.72. The van der Waals surface area contributed by atoms with Gasteiger partial charge in [0.15, 0.2) is 6.61 Å². The Morgan fingerprint density at radius 3 is 2.64 bits per heavy atom. The first-order valence-electron chi connectivity index (χ1n) is 9.04. The predicted octanol–water partition coefficient (Wildman–Crippen LogP) is 4.49. The number of carbonyl (C=O) groups excluding carboxylic acids is 1. The second kappa shape index (κ2) is 9.41. The smallest absolute Gasteiger partial charge is 0.277 e. The van der Waals surface area contributed by atoms with Crippen molar-refractivity contribution in [3.63, 3.8) is 0 Å². The van der Waals surface area contributed by atoms with Crippen LogP contribution >= 0.6 is 11.8 Å². The van der Waals surface area contributed by atoms with Gasteiger partial charge in [0.2, 0.25) is 5.91 Å². The summed E-state index contributed by atoms with van der Waals surface area (Å²) in [4.78, 5) is 14.5. The van der Waals surface area contributed by atoms with Crippen molar-refractivity contribution in [3.05, 3.63) is 66.1 Å². The number of carbonyl (C=O) groups is 1. The first kappa shape index (κ1) is 19.9. The van der Waals surface area contributed by atoms with Crippen molar-refractivity contribution >= 4 is 23.4 Å². The van der Waals surface area contributed by atoms with Gasteiger partial charge in [0.25, 0.3) is 11.1 Å². The van der Waals surface area contributed by atoms with Crippen LogP contribution in [0.3, 0.4) is 0 Å². The Morgan fingerprint density at radius 1 is 1.14 bits per heavy atom. The minimum absolute atomic E-state index is 0.0121. The van der Waals surface area contributed by atoms with Crippen molar-refractivity contribution in [2.45, 2.75) is 38.6 Å². The fraction of sp³-hybridized carbons (Fsp3) is 0.286. The summed E-state index contributed by atoms with van der Waals surface area (Å²) in [6.45, 7) is 6.17. The van der Waals surface area contributed by atoms with Gasteiger partial charge < -0.3 is 14.1 Å². The molecule has 28 heavy (non-hydrogen) atoms. The molecule has 6 nitrogen and oxygen atoms in total. The van der Waals surface area contributed by atoms with Crippen molar-refractivity contribution < 1.29 is 13.9 Å². The summed E-state index contributed by atoms with van der Waals surface area (Å²) in [5.41, 5.74) is 1.99. The molecule has 0 bridgehead atoms. The third-order valence-electron chi connectivity index (χ3n) is 3.94. The maximum Gasteiger partial charge on any atom is 0.277 e. The van der Waals surface area contributed by atoms with Crippen molar-refractivity contribution in [1.29, 1.82) is 0 Å². The van der Waals surface area contributed by atoms with Crippen LogP contribution in [0, 0.1) is 6.92 Å². The van der Waals surface area contributed by atoms with Gasteiger partial charge in [-0.1, -0.05) is 42.1 Å². The molecule has 2 aromatic carbocycles. The summed E-state index contributed by atoms with van der Waals surface area (Å²) in [7, 11) is 0. The number of aryl methyl sites for hydroxylation is 1. The van der Waals surface area contributed by atoms with E-state index in [4.69, 9.17) is 9.15 Å². The monoisotopic (exact) mass is 397 g/mol. The Hall–Kier alpha value is -2.80. The van der Waals surface area contributed by atoms with Crippen LogP contribution in [0.5, 0.6) is 5.75 Å². The highest BCUT2D eigenvalue weighted by Crippen LogP contribution is 2.22. The molecular weight excluding hydrogens is 374 g/mol. The van der Waals surface area contributed by atoms with Crippen molar-refractivity contribution in [2.75, 3.05) is 10.7 Å². The Morgan fingerprint density at radius 2 is 1.93 bits per heavy atom. The molecule has 146 valence electrons. The number of hydrogen-bond donors (Lipinski definition) is 0. The van der Waals surface area contributed by atoms with E-state index >= 15 is 0 Å². The minimum Gasteiger partial charge on any atom is -0.484 e. The van der Waals surface area contributed by atoms with Gasteiger partial charge in [-0.15, -0.1) is 10.2 Å². The van der Waals surface area contributed by atoms with Crippen LogP contribution in [0.4, 0.5) is 5.69 Å². The molecule has 0 aliphatic rings. The summed E-state index contributed by atoms with van der Waals surface area (Å²) in [6.07, 6.45) is 0. The van der Waals surface area contributed by atoms with E-state index in [1.807, 2.05) is 75.4 Å². The molecule has 3 rings (SSSR count). The number of para-hydroxylation sites is 1. The first-order valence-corrected chi connectivity index (χ1v) is 10.0. The second-order valence-electron chi connectivity index (χ2n) is 6.55. The number of ether oxygens (including phenoxy) is 1. The zero-order chi connectivity index (χ0) is 19.9. The first-order chi connectivity index (χ1) is 13.5. The van der Waals surface area contributed by atoms with Crippen molar-refractivity contribution in [1.82, 2.24) is 10.2 Å². The Bertz CT molecular complexity index is 912. The topological polar surface area (TPSA) is 68.5 Å². The average molecular weight is 398 g/mol. The number of anilines is 1. The quantitative estimate of drug-likeness (QED) is 0.522. The lowest BCUT2D eigenvalue weighted by molar-refractivity contribution is -0.116. The molecule has 0 atom stereocenters. The zero-order valence-corrected chi connectivity index (χ0v) is 17.0. The van der Waals surface area contributed by atoms with Gasteiger partial charge in [0, 0.05) is 11.7 Å². The molecule has 0 aliphatic carbocycles. The van der Waals surface area contributed by atoms with E-state index in [2.05, 4.69) is 10.2 Å². The number of rotatable bonds is 8. The molecule has 0 aliphatic heterocycles. The van der Waals surface area contributed by atoms with Crippen LogP contribution in [0.15, 0.2) is 64.2 Å². The summed E-state index contributed by atoms with van der Waals surface area (Å²) in [5.74, 6) is 1.33.